The van der Waals surface area contributed by atoms with Gasteiger partial charge in [0.15, 0.2) is 0 Å². The smallest absolute Gasteiger partial charge is 0.295 e. The van der Waals surface area contributed by atoms with E-state index in [1.54, 1.807) is 48.8 Å². The monoisotopic (exact) mass is 395 g/mol. The number of rotatable bonds is 7. The molecule has 1 amide bonds. The van der Waals surface area contributed by atoms with E-state index in [2.05, 4.69) is 4.98 Å². The van der Waals surface area contributed by atoms with Gasteiger partial charge in [-0.15, -0.1) is 0 Å². The molecule has 1 fully saturated rings. The number of aromatic nitrogens is 1. The van der Waals surface area contributed by atoms with Gasteiger partial charge in [0.25, 0.3) is 11.7 Å². The van der Waals surface area contributed by atoms with E-state index in [1.165, 1.54) is 4.90 Å². The summed E-state index contributed by atoms with van der Waals surface area (Å²) >= 11 is 0. The average Bonchev–Trinajstić information content (AvgIpc) is 2.97. The molecule has 1 aromatic heterocycles. The molecular formula is C22H25N3O4. The molecule has 1 aliphatic rings. The minimum absolute atomic E-state index is 0.0652. The molecule has 1 saturated heterocycles. The van der Waals surface area contributed by atoms with Crippen molar-refractivity contribution < 1.29 is 19.4 Å². The second-order valence-corrected chi connectivity index (χ2v) is 7.04. The quantitative estimate of drug-likeness (QED) is 0.441. The molecule has 0 aliphatic carbocycles. The SMILES string of the molecule is CCOc1cccc(/C(O)=C2/C(=O)C(=O)N(CCN(C)C)C2c2cccnc2)c1. The van der Waals surface area contributed by atoms with Gasteiger partial charge < -0.3 is 19.6 Å². The molecule has 2 heterocycles. The van der Waals surface area contributed by atoms with Crippen molar-refractivity contribution in [2.24, 2.45) is 0 Å². The number of carbonyl (C=O) groups is 2. The molecule has 1 aliphatic heterocycles. The molecule has 0 spiro atoms. The minimum atomic E-state index is -0.697. The zero-order valence-electron chi connectivity index (χ0n) is 16.8. The van der Waals surface area contributed by atoms with Crippen molar-refractivity contribution in [3.63, 3.8) is 0 Å². The van der Waals surface area contributed by atoms with Crippen molar-refractivity contribution in [2.45, 2.75) is 13.0 Å². The third kappa shape index (κ3) is 4.30. The molecule has 2 aromatic rings. The van der Waals surface area contributed by atoms with Gasteiger partial charge in [-0.25, -0.2) is 0 Å². The molecule has 152 valence electrons. The molecule has 0 bridgehead atoms. The molecule has 1 aromatic carbocycles. The number of carbonyl (C=O) groups excluding carboxylic acids is 2. The van der Waals surface area contributed by atoms with Crippen molar-refractivity contribution in [2.75, 3.05) is 33.8 Å². The molecular weight excluding hydrogens is 370 g/mol. The van der Waals surface area contributed by atoms with E-state index in [1.807, 2.05) is 25.9 Å². The van der Waals surface area contributed by atoms with Crippen LogP contribution in [-0.2, 0) is 9.59 Å². The number of benzene rings is 1. The zero-order valence-corrected chi connectivity index (χ0v) is 16.8. The van der Waals surface area contributed by atoms with Crippen molar-refractivity contribution in [3.8, 4) is 5.75 Å². The summed E-state index contributed by atoms with van der Waals surface area (Å²) in [6.07, 6.45) is 3.24. The maximum Gasteiger partial charge on any atom is 0.295 e. The first-order chi connectivity index (χ1) is 13.9. The normalized spacial score (nSPS) is 18.5. The summed E-state index contributed by atoms with van der Waals surface area (Å²) in [5.74, 6) is -0.956. The Kier molecular flexibility index (Phi) is 6.29. The Labute approximate surface area is 170 Å². The average molecular weight is 395 g/mol. The predicted molar refractivity (Wildman–Crippen MR) is 109 cm³/mol. The first-order valence-electron chi connectivity index (χ1n) is 9.50. The highest BCUT2D eigenvalue weighted by Crippen LogP contribution is 2.39. The summed E-state index contributed by atoms with van der Waals surface area (Å²) in [7, 11) is 3.80. The molecule has 29 heavy (non-hydrogen) atoms. The molecule has 1 unspecified atom stereocenters. The van der Waals surface area contributed by atoms with Crippen LogP contribution in [0.2, 0.25) is 0 Å². The molecule has 0 saturated carbocycles. The number of likely N-dealkylation sites (N-methyl/N-ethyl adjacent to an activating group) is 1. The lowest BCUT2D eigenvalue weighted by atomic mass is 9.96. The number of amides is 1. The highest BCUT2D eigenvalue weighted by molar-refractivity contribution is 6.46. The lowest BCUT2D eigenvalue weighted by Gasteiger charge is -2.26. The largest absolute Gasteiger partial charge is 0.507 e. The van der Waals surface area contributed by atoms with Crippen LogP contribution >= 0.6 is 0 Å². The molecule has 3 rings (SSSR count). The highest BCUT2D eigenvalue weighted by atomic mass is 16.5. The Hall–Kier alpha value is -3.19. The van der Waals surface area contributed by atoms with Crippen molar-refractivity contribution in [1.82, 2.24) is 14.8 Å². The fourth-order valence-corrected chi connectivity index (χ4v) is 3.36. The van der Waals surface area contributed by atoms with Gasteiger partial charge in [0, 0.05) is 31.0 Å². The van der Waals surface area contributed by atoms with Crippen molar-refractivity contribution in [3.05, 3.63) is 65.5 Å². The fraction of sp³-hybridized carbons (Fsp3) is 0.318. The van der Waals surface area contributed by atoms with E-state index >= 15 is 0 Å². The lowest BCUT2D eigenvalue weighted by Crippen LogP contribution is -2.35. The summed E-state index contributed by atoms with van der Waals surface area (Å²) in [6.45, 7) is 3.29. The first kappa shape index (κ1) is 20.5. The first-order valence-corrected chi connectivity index (χ1v) is 9.50. The van der Waals surface area contributed by atoms with Crippen LogP contribution in [0.25, 0.3) is 5.76 Å². The Morgan fingerprint density at radius 2 is 2.03 bits per heavy atom. The number of Topliss-reactive ketones (excluding diaryl/α,β-unsaturated/α-hetero) is 1. The number of aliphatic hydroxyl groups is 1. The maximum atomic E-state index is 12.9. The van der Waals surface area contributed by atoms with Crippen molar-refractivity contribution in [1.29, 1.82) is 0 Å². The van der Waals surface area contributed by atoms with E-state index in [4.69, 9.17) is 4.74 Å². The van der Waals surface area contributed by atoms with Crippen LogP contribution in [0.3, 0.4) is 0 Å². The van der Waals surface area contributed by atoms with Gasteiger partial charge in [0.2, 0.25) is 0 Å². The van der Waals surface area contributed by atoms with Gasteiger partial charge in [0.1, 0.15) is 11.5 Å². The minimum Gasteiger partial charge on any atom is -0.507 e. The Morgan fingerprint density at radius 1 is 1.24 bits per heavy atom. The topological polar surface area (TPSA) is 83.0 Å². The van der Waals surface area contributed by atoms with E-state index in [9.17, 15) is 14.7 Å². The second-order valence-electron chi connectivity index (χ2n) is 7.04. The second kappa shape index (κ2) is 8.87. The van der Waals surface area contributed by atoms with Crippen LogP contribution < -0.4 is 4.74 Å². The third-order valence-corrected chi connectivity index (χ3v) is 4.75. The number of hydrogen-bond acceptors (Lipinski definition) is 6. The lowest BCUT2D eigenvalue weighted by molar-refractivity contribution is -0.140. The number of nitrogens with zero attached hydrogens (tertiary/aromatic N) is 3. The summed E-state index contributed by atoms with van der Waals surface area (Å²) in [5, 5.41) is 11.0. The number of likely N-dealkylation sites (tertiary alicyclic amines) is 1. The summed E-state index contributed by atoms with van der Waals surface area (Å²) in [4.78, 5) is 33.2. The van der Waals surface area contributed by atoms with Gasteiger partial charge in [-0.2, -0.15) is 0 Å². The zero-order chi connectivity index (χ0) is 21.0. The highest BCUT2D eigenvalue weighted by Gasteiger charge is 2.46. The van der Waals surface area contributed by atoms with Gasteiger partial charge >= 0.3 is 0 Å². The number of ketones is 1. The molecule has 7 nitrogen and oxygen atoms in total. The number of aliphatic hydroxyl groups excluding tert-OH is 1. The molecule has 1 atom stereocenters. The third-order valence-electron chi connectivity index (χ3n) is 4.75. The van der Waals surface area contributed by atoms with Gasteiger partial charge in [0.05, 0.1) is 18.2 Å². The Balaban J connectivity index is 2.11. The number of ether oxygens (including phenoxy) is 1. The van der Waals surface area contributed by atoms with Crippen LogP contribution in [0.4, 0.5) is 0 Å². The van der Waals surface area contributed by atoms with Gasteiger partial charge in [-0.05, 0) is 44.8 Å². The van der Waals surface area contributed by atoms with E-state index < -0.39 is 17.7 Å². The molecule has 7 heteroatoms. The molecule has 0 radical (unpaired) electrons. The Bertz CT molecular complexity index is 925. The summed E-state index contributed by atoms with van der Waals surface area (Å²) in [5.41, 5.74) is 1.17. The number of hydrogen-bond donors (Lipinski definition) is 1. The summed E-state index contributed by atoms with van der Waals surface area (Å²) < 4.78 is 5.49. The predicted octanol–water partition coefficient (Wildman–Crippen LogP) is 2.46. The maximum absolute atomic E-state index is 12.9. The molecule has 1 N–H and O–H groups in total. The van der Waals surface area contributed by atoms with Crippen LogP contribution in [0.5, 0.6) is 5.75 Å². The number of pyridine rings is 1. The van der Waals surface area contributed by atoms with Crippen LogP contribution in [0.15, 0.2) is 54.4 Å². The summed E-state index contributed by atoms with van der Waals surface area (Å²) in [6, 6.07) is 9.71. The standard InChI is InChI=1S/C22H25N3O4/c1-4-29-17-9-5-7-15(13-17)20(26)18-19(16-8-6-10-23-14-16)25(12-11-24(2)3)22(28)21(18)27/h5-10,13-14,19,26H,4,11-12H2,1-3H3/b20-18-. The van der Waals surface area contributed by atoms with Crippen LogP contribution in [-0.4, -0.2) is 65.4 Å². The fourth-order valence-electron chi connectivity index (χ4n) is 3.36. The Morgan fingerprint density at radius 3 is 2.69 bits per heavy atom. The van der Waals surface area contributed by atoms with Crippen LogP contribution in [0, 0.1) is 0 Å². The van der Waals surface area contributed by atoms with E-state index in [-0.39, 0.29) is 11.3 Å². The van der Waals surface area contributed by atoms with Gasteiger partial charge in [-0.1, -0.05) is 18.2 Å². The van der Waals surface area contributed by atoms with Gasteiger partial charge in [-0.3, -0.25) is 14.6 Å². The van der Waals surface area contributed by atoms with Crippen molar-refractivity contribution >= 4 is 17.4 Å². The van der Waals surface area contributed by atoms with Crippen LogP contribution in [0.1, 0.15) is 24.1 Å². The van der Waals surface area contributed by atoms with E-state index in [0.29, 0.717) is 36.6 Å². The van der Waals surface area contributed by atoms with E-state index in [0.717, 1.165) is 0 Å².